The number of rotatable bonds is 8. The van der Waals surface area contributed by atoms with Gasteiger partial charge < -0.3 is 14.8 Å². The molecule has 7 nitrogen and oxygen atoms in total. The molecule has 1 amide bonds. The van der Waals surface area contributed by atoms with E-state index in [1.54, 1.807) is 17.7 Å². The smallest absolute Gasteiger partial charge is 0.331 e. The Morgan fingerprint density at radius 2 is 2.17 bits per heavy atom. The molecule has 0 unspecified atom stereocenters. The topological polar surface area (TPSA) is 82.5 Å². The van der Waals surface area contributed by atoms with Crippen LogP contribution in [0.4, 0.5) is 0 Å². The summed E-state index contributed by atoms with van der Waals surface area (Å²) in [6.45, 7) is 2.98. The molecule has 2 heterocycles. The lowest BCUT2D eigenvalue weighted by Gasteiger charge is -2.10. The van der Waals surface area contributed by atoms with Crippen LogP contribution >= 0.6 is 23.2 Å². The molecule has 1 atom stereocenters. The van der Waals surface area contributed by atoms with Gasteiger partial charge in [-0.05, 0) is 37.5 Å². The predicted octanol–water partition coefficient (Wildman–Crippen LogP) is 3.40. The van der Waals surface area contributed by atoms with Crippen LogP contribution in [0.1, 0.15) is 29.7 Å². The van der Waals surface area contributed by atoms with E-state index in [1.165, 1.54) is 12.2 Å². The Morgan fingerprint density at radius 1 is 1.37 bits per heavy atom. The molecule has 1 N–H and O–H groups in total. The van der Waals surface area contributed by atoms with E-state index in [0.29, 0.717) is 34.5 Å². The number of halogens is 2. The maximum atomic E-state index is 11.9. The third-order valence-electron chi connectivity index (χ3n) is 4.67. The number of carbonyl (C=O) groups excluding carboxylic acids is 2. The monoisotopic (exact) mass is 451 g/mol. The van der Waals surface area contributed by atoms with Crippen LogP contribution in [-0.4, -0.2) is 47.5 Å². The van der Waals surface area contributed by atoms with Crippen molar-refractivity contribution in [1.29, 1.82) is 0 Å². The van der Waals surface area contributed by atoms with Crippen molar-refractivity contribution in [2.45, 2.75) is 32.4 Å². The summed E-state index contributed by atoms with van der Waals surface area (Å²) >= 11 is 12.6. The van der Waals surface area contributed by atoms with Crippen LogP contribution in [0.25, 0.3) is 6.08 Å². The molecule has 1 fully saturated rings. The van der Waals surface area contributed by atoms with Gasteiger partial charge in [0.05, 0.1) is 18.3 Å². The highest BCUT2D eigenvalue weighted by atomic mass is 35.5. The summed E-state index contributed by atoms with van der Waals surface area (Å²) in [5, 5.41) is 8.11. The third-order valence-corrected chi connectivity index (χ3v) is 5.44. The first-order valence-electron chi connectivity index (χ1n) is 9.63. The summed E-state index contributed by atoms with van der Waals surface area (Å²) in [6, 6.07) is 7.44. The lowest BCUT2D eigenvalue weighted by molar-refractivity contribution is -0.143. The number of hydrogen-bond donors (Lipinski definition) is 1. The molecule has 2 aromatic rings. The number of benzene rings is 1. The van der Waals surface area contributed by atoms with Gasteiger partial charge in [-0.3, -0.25) is 4.79 Å². The lowest BCUT2D eigenvalue weighted by Crippen LogP contribution is -2.34. The first kappa shape index (κ1) is 22.3. The van der Waals surface area contributed by atoms with Crippen molar-refractivity contribution in [1.82, 2.24) is 15.1 Å². The van der Waals surface area contributed by atoms with Crippen LogP contribution in [-0.2, 0) is 25.6 Å². The molecule has 0 radical (unpaired) electrons. The number of aromatic nitrogens is 2. The number of nitrogens with zero attached hydrogens (tertiary/aromatic N) is 2. The Kier molecular flexibility index (Phi) is 7.90. The standard InChI is InChI=1S/C21H23Cl2N3O4/c1-14-17(21(23)26(25-14)12-15-5-2-3-7-18(15)22)8-9-20(28)30-13-19(27)24-11-16-6-4-10-29-16/h2-3,5,7-9,16H,4,6,10-13H2,1H3,(H,24,27)/b9-8+/t16-/m1/s1. The number of esters is 1. The minimum absolute atomic E-state index is 0.0389. The zero-order valence-corrected chi connectivity index (χ0v) is 18.1. The van der Waals surface area contributed by atoms with Gasteiger partial charge in [0.1, 0.15) is 5.15 Å². The van der Waals surface area contributed by atoms with Crippen molar-refractivity contribution in [3.8, 4) is 0 Å². The van der Waals surface area contributed by atoms with E-state index in [-0.39, 0.29) is 18.6 Å². The fourth-order valence-electron chi connectivity index (χ4n) is 3.07. The maximum Gasteiger partial charge on any atom is 0.331 e. The molecule has 160 valence electrons. The molecule has 1 aliphatic rings. The van der Waals surface area contributed by atoms with Crippen molar-refractivity contribution in [3.05, 3.63) is 57.3 Å². The largest absolute Gasteiger partial charge is 0.452 e. The van der Waals surface area contributed by atoms with Gasteiger partial charge in [-0.25, -0.2) is 9.48 Å². The molecule has 0 spiro atoms. The van der Waals surface area contributed by atoms with Crippen LogP contribution in [0.15, 0.2) is 30.3 Å². The van der Waals surface area contributed by atoms with Gasteiger partial charge in [0.25, 0.3) is 5.91 Å². The molecule has 1 aromatic carbocycles. The minimum atomic E-state index is -0.642. The van der Waals surface area contributed by atoms with E-state index in [2.05, 4.69) is 10.4 Å². The zero-order chi connectivity index (χ0) is 21.5. The average Bonchev–Trinajstić information content (AvgIpc) is 3.33. The number of ether oxygens (including phenoxy) is 2. The quantitative estimate of drug-likeness (QED) is 0.491. The fourth-order valence-corrected chi connectivity index (χ4v) is 3.56. The first-order chi connectivity index (χ1) is 14.4. The Labute approximate surface area is 184 Å². The molecule has 9 heteroatoms. The number of aryl methyl sites for hydroxylation is 1. The SMILES string of the molecule is Cc1nn(Cc2ccccc2Cl)c(Cl)c1/C=C/C(=O)OCC(=O)NC[C@H]1CCCO1. The maximum absolute atomic E-state index is 11.9. The third kappa shape index (κ3) is 6.08. The highest BCUT2D eigenvalue weighted by Gasteiger charge is 2.17. The van der Waals surface area contributed by atoms with E-state index >= 15 is 0 Å². The molecule has 1 aromatic heterocycles. The Balaban J connectivity index is 1.52. The van der Waals surface area contributed by atoms with Gasteiger partial charge in [0.2, 0.25) is 0 Å². The number of hydrogen-bond acceptors (Lipinski definition) is 5. The van der Waals surface area contributed by atoms with E-state index in [1.807, 2.05) is 18.2 Å². The molecule has 1 aliphatic heterocycles. The van der Waals surface area contributed by atoms with Crippen LogP contribution in [0.3, 0.4) is 0 Å². The summed E-state index contributed by atoms with van der Waals surface area (Å²) in [4.78, 5) is 23.7. The molecule has 0 bridgehead atoms. The van der Waals surface area contributed by atoms with Gasteiger partial charge in [0, 0.05) is 29.8 Å². The van der Waals surface area contributed by atoms with Gasteiger partial charge in [0.15, 0.2) is 6.61 Å². The molecular weight excluding hydrogens is 429 g/mol. The van der Waals surface area contributed by atoms with E-state index in [9.17, 15) is 9.59 Å². The summed E-state index contributed by atoms with van der Waals surface area (Å²) in [5.74, 6) is -1.01. The van der Waals surface area contributed by atoms with Crippen molar-refractivity contribution >= 4 is 41.2 Å². The lowest BCUT2D eigenvalue weighted by atomic mass is 10.2. The summed E-state index contributed by atoms with van der Waals surface area (Å²) < 4.78 is 12.0. The van der Waals surface area contributed by atoms with E-state index in [4.69, 9.17) is 32.7 Å². The van der Waals surface area contributed by atoms with Gasteiger partial charge >= 0.3 is 5.97 Å². The van der Waals surface area contributed by atoms with E-state index in [0.717, 1.165) is 25.0 Å². The van der Waals surface area contributed by atoms with E-state index < -0.39 is 5.97 Å². The molecule has 0 aliphatic carbocycles. The first-order valence-corrected chi connectivity index (χ1v) is 10.4. The second-order valence-electron chi connectivity index (χ2n) is 6.92. The van der Waals surface area contributed by atoms with Crippen molar-refractivity contribution in [2.75, 3.05) is 19.8 Å². The predicted molar refractivity (Wildman–Crippen MR) is 115 cm³/mol. The summed E-state index contributed by atoms with van der Waals surface area (Å²) in [5.41, 5.74) is 2.14. The number of carbonyl (C=O) groups is 2. The van der Waals surface area contributed by atoms with Crippen LogP contribution in [0.5, 0.6) is 0 Å². The number of nitrogens with one attached hydrogen (secondary N) is 1. The Bertz CT molecular complexity index is 936. The minimum Gasteiger partial charge on any atom is -0.452 e. The van der Waals surface area contributed by atoms with Gasteiger partial charge in [-0.15, -0.1) is 0 Å². The average molecular weight is 452 g/mol. The highest BCUT2D eigenvalue weighted by Crippen LogP contribution is 2.24. The molecule has 1 saturated heterocycles. The normalized spacial score (nSPS) is 16.2. The Hall–Kier alpha value is -2.35. The second-order valence-corrected chi connectivity index (χ2v) is 7.68. The van der Waals surface area contributed by atoms with Crippen LogP contribution in [0, 0.1) is 6.92 Å². The molecular formula is C21H23Cl2N3O4. The zero-order valence-electron chi connectivity index (χ0n) is 16.6. The second kappa shape index (κ2) is 10.6. The summed E-state index contributed by atoms with van der Waals surface area (Å²) in [6.07, 6.45) is 4.71. The fraction of sp³-hybridized carbons (Fsp3) is 0.381. The molecule has 0 saturated carbocycles. The molecule has 3 rings (SSSR count). The van der Waals surface area contributed by atoms with Crippen LogP contribution in [0.2, 0.25) is 10.2 Å². The Morgan fingerprint density at radius 3 is 2.90 bits per heavy atom. The number of amides is 1. The molecule has 30 heavy (non-hydrogen) atoms. The summed E-state index contributed by atoms with van der Waals surface area (Å²) in [7, 11) is 0. The van der Waals surface area contributed by atoms with Gasteiger partial charge in [-0.1, -0.05) is 41.4 Å². The van der Waals surface area contributed by atoms with Crippen molar-refractivity contribution in [2.24, 2.45) is 0 Å². The highest BCUT2D eigenvalue weighted by molar-refractivity contribution is 6.32. The van der Waals surface area contributed by atoms with Gasteiger partial charge in [-0.2, -0.15) is 5.10 Å². The van der Waals surface area contributed by atoms with Crippen LogP contribution < -0.4 is 5.32 Å². The van der Waals surface area contributed by atoms with Crippen molar-refractivity contribution < 1.29 is 19.1 Å². The van der Waals surface area contributed by atoms with Crippen molar-refractivity contribution in [3.63, 3.8) is 0 Å².